The summed E-state index contributed by atoms with van der Waals surface area (Å²) < 4.78 is 4.87. The van der Waals surface area contributed by atoms with Crippen molar-refractivity contribution in [2.24, 2.45) is 0 Å². The van der Waals surface area contributed by atoms with Crippen LogP contribution >= 0.6 is 0 Å². The molecule has 0 saturated heterocycles. The van der Waals surface area contributed by atoms with Crippen molar-refractivity contribution < 1.29 is 24.7 Å². The molecule has 0 unspecified atom stereocenters. The zero-order valence-corrected chi connectivity index (χ0v) is 9.00. The normalized spacial score (nSPS) is 11.7. The number of nitrogens with one attached hydrogen (secondary N) is 1. The van der Waals surface area contributed by atoms with Crippen molar-refractivity contribution >= 4 is 5.88 Å². The minimum Gasteiger partial charge on any atom is -0.404 e. The molecule has 0 aliphatic carbocycles. The standard InChI is InChI=1S/C9H14N2O6/c12-4-9(5-13,6-14)10-3-7-1-2-8(17-7)11(15)16/h1-2,10,12-14H,3-6H2. The average molecular weight is 246 g/mol. The van der Waals surface area contributed by atoms with Gasteiger partial charge in [-0.3, -0.25) is 15.4 Å². The maximum atomic E-state index is 10.4. The molecule has 8 nitrogen and oxygen atoms in total. The van der Waals surface area contributed by atoms with E-state index in [1.54, 1.807) is 0 Å². The van der Waals surface area contributed by atoms with E-state index in [-0.39, 0.29) is 18.2 Å². The second-order valence-electron chi connectivity index (χ2n) is 3.61. The zero-order chi connectivity index (χ0) is 12.9. The van der Waals surface area contributed by atoms with E-state index in [9.17, 15) is 10.1 Å². The van der Waals surface area contributed by atoms with Gasteiger partial charge in [0.25, 0.3) is 0 Å². The topological polar surface area (TPSA) is 129 Å². The fourth-order valence-electron chi connectivity index (χ4n) is 1.15. The molecule has 0 aliphatic heterocycles. The molecule has 96 valence electrons. The first kappa shape index (κ1) is 13.6. The number of furan rings is 1. The molecule has 0 amide bonds. The first-order valence-electron chi connectivity index (χ1n) is 4.87. The number of aliphatic hydroxyl groups is 3. The van der Waals surface area contributed by atoms with Gasteiger partial charge in [0.2, 0.25) is 0 Å². The molecule has 1 aromatic rings. The van der Waals surface area contributed by atoms with Crippen LogP contribution in [0.15, 0.2) is 16.5 Å². The minimum atomic E-state index is -1.23. The van der Waals surface area contributed by atoms with E-state index in [2.05, 4.69) is 5.32 Å². The summed E-state index contributed by atoms with van der Waals surface area (Å²) in [6.07, 6.45) is 0. The van der Waals surface area contributed by atoms with Crippen molar-refractivity contribution in [3.05, 3.63) is 28.0 Å². The van der Waals surface area contributed by atoms with Crippen molar-refractivity contribution in [3.63, 3.8) is 0 Å². The third-order valence-corrected chi connectivity index (χ3v) is 2.37. The lowest BCUT2D eigenvalue weighted by Crippen LogP contribution is -2.54. The lowest BCUT2D eigenvalue weighted by atomic mass is 10.0. The number of aliphatic hydroxyl groups excluding tert-OH is 3. The van der Waals surface area contributed by atoms with Crippen molar-refractivity contribution in [1.29, 1.82) is 0 Å². The van der Waals surface area contributed by atoms with E-state index in [0.29, 0.717) is 0 Å². The van der Waals surface area contributed by atoms with Crippen LogP contribution in [0.3, 0.4) is 0 Å². The highest BCUT2D eigenvalue weighted by atomic mass is 16.6. The molecule has 0 radical (unpaired) electrons. The van der Waals surface area contributed by atoms with E-state index >= 15 is 0 Å². The molecule has 0 saturated carbocycles. The molecular weight excluding hydrogens is 232 g/mol. The van der Waals surface area contributed by atoms with Crippen LogP contribution in [-0.2, 0) is 6.54 Å². The molecule has 17 heavy (non-hydrogen) atoms. The minimum absolute atomic E-state index is 0.0511. The van der Waals surface area contributed by atoms with Gasteiger partial charge in [0.15, 0.2) is 0 Å². The highest BCUT2D eigenvalue weighted by Crippen LogP contribution is 2.16. The molecular formula is C9H14N2O6. The molecule has 1 aromatic heterocycles. The van der Waals surface area contributed by atoms with E-state index in [4.69, 9.17) is 19.7 Å². The van der Waals surface area contributed by atoms with Gasteiger partial charge in [-0.2, -0.15) is 0 Å². The maximum absolute atomic E-state index is 10.4. The Labute approximate surface area is 96.6 Å². The van der Waals surface area contributed by atoms with Crippen LogP contribution in [0.5, 0.6) is 0 Å². The number of hydrogen-bond donors (Lipinski definition) is 4. The van der Waals surface area contributed by atoms with Crippen molar-refractivity contribution in [2.45, 2.75) is 12.1 Å². The Morgan fingerprint density at radius 1 is 1.29 bits per heavy atom. The van der Waals surface area contributed by atoms with Gasteiger partial charge in [-0.05, 0) is 6.07 Å². The van der Waals surface area contributed by atoms with Gasteiger partial charge in [-0.15, -0.1) is 0 Å². The molecule has 4 N–H and O–H groups in total. The fraction of sp³-hybridized carbons (Fsp3) is 0.556. The quantitative estimate of drug-likeness (QED) is 0.358. The first-order chi connectivity index (χ1) is 8.06. The summed E-state index contributed by atoms with van der Waals surface area (Å²) in [7, 11) is 0. The van der Waals surface area contributed by atoms with Crippen molar-refractivity contribution in [2.75, 3.05) is 19.8 Å². The molecule has 0 fully saturated rings. The van der Waals surface area contributed by atoms with Crippen LogP contribution < -0.4 is 5.32 Å². The van der Waals surface area contributed by atoms with Gasteiger partial charge >= 0.3 is 5.88 Å². The monoisotopic (exact) mass is 246 g/mol. The molecule has 0 aliphatic rings. The molecule has 0 atom stereocenters. The summed E-state index contributed by atoms with van der Waals surface area (Å²) in [5.74, 6) is -0.110. The number of nitrogens with zero attached hydrogens (tertiary/aromatic N) is 1. The van der Waals surface area contributed by atoms with Gasteiger partial charge in [0.05, 0.1) is 38.0 Å². The summed E-state index contributed by atoms with van der Waals surface area (Å²) in [6, 6.07) is 2.61. The lowest BCUT2D eigenvalue weighted by Gasteiger charge is -2.28. The summed E-state index contributed by atoms with van der Waals surface area (Å²) in [5, 5.41) is 40.1. The maximum Gasteiger partial charge on any atom is 0.433 e. The SMILES string of the molecule is O=[N+]([O-])c1ccc(CNC(CO)(CO)CO)o1. The largest absolute Gasteiger partial charge is 0.433 e. The smallest absolute Gasteiger partial charge is 0.404 e. The molecule has 0 spiro atoms. The summed E-state index contributed by atoms with van der Waals surface area (Å²) in [4.78, 5) is 9.69. The van der Waals surface area contributed by atoms with Crippen LogP contribution in [0.1, 0.15) is 5.76 Å². The number of hydrogen-bond acceptors (Lipinski definition) is 7. The predicted octanol–water partition coefficient (Wildman–Crippen LogP) is -1.01. The van der Waals surface area contributed by atoms with Crippen molar-refractivity contribution in [1.82, 2.24) is 5.32 Å². The first-order valence-corrected chi connectivity index (χ1v) is 4.87. The Hall–Kier alpha value is -1.48. The van der Waals surface area contributed by atoms with Gasteiger partial charge in [-0.25, -0.2) is 0 Å². The highest BCUT2D eigenvalue weighted by molar-refractivity contribution is 5.17. The highest BCUT2D eigenvalue weighted by Gasteiger charge is 2.27. The number of nitro groups is 1. The van der Waals surface area contributed by atoms with Crippen LogP contribution in [0.4, 0.5) is 5.88 Å². The Morgan fingerprint density at radius 3 is 2.29 bits per heavy atom. The average Bonchev–Trinajstić information content (AvgIpc) is 2.81. The third kappa shape index (κ3) is 3.24. The molecule has 0 aromatic carbocycles. The van der Waals surface area contributed by atoms with Crippen molar-refractivity contribution in [3.8, 4) is 0 Å². The van der Waals surface area contributed by atoms with Gasteiger partial charge < -0.3 is 19.7 Å². The second kappa shape index (κ2) is 5.73. The predicted molar refractivity (Wildman–Crippen MR) is 56.2 cm³/mol. The molecule has 1 heterocycles. The fourth-order valence-corrected chi connectivity index (χ4v) is 1.15. The molecule has 0 bridgehead atoms. The van der Waals surface area contributed by atoms with Crippen LogP contribution in [0.2, 0.25) is 0 Å². The van der Waals surface area contributed by atoms with Gasteiger partial charge in [-0.1, -0.05) is 0 Å². The Morgan fingerprint density at radius 2 is 1.88 bits per heavy atom. The zero-order valence-electron chi connectivity index (χ0n) is 9.00. The van der Waals surface area contributed by atoms with Crippen LogP contribution in [0, 0.1) is 10.1 Å². The third-order valence-electron chi connectivity index (χ3n) is 2.37. The van der Waals surface area contributed by atoms with Gasteiger partial charge in [0, 0.05) is 0 Å². The van der Waals surface area contributed by atoms with Crippen LogP contribution in [0.25, 0.3) is 0 Å². The number of rotatable bonds is 7. The molecule has 1 rings (SSSR count). The summed E-state index contributed by atoms with van der Waals surface area (Å²) >= 11 is 0. The van der Waals surface area contributed by atoms with E-state index < -0.39 is 30.3 Å². The van der Waals surface area contributed by atoms with E-state index in [0.717, 1.165) is 0 Å². The van der Waals surface area contributed by atoms with E-state index in [1.807, 2.05) is 0 Å². The Kier molecular flexibility index (Phi) is 4.58. The molecule has 8 heteroatoms. The summed E-state index contributed by atoms with van der Waals surface area (Å²) in [5.41, 5.74) is -1.23. The Balaban J connectivity index is 2.62. The van der Waals surface area contributed by atoms with E-state index in [1.165, 1.54) is 12.1 Å². The van der Waals surface area contributed by atoms with Crippen LogP contribution in [-0.4, -0.2) is 45.6 Å². The second-order valence-corrected chi connectivity index (χ2v) is 3.61. The Bertz CT molecular complexity index is 365. The summed E-state index contributed by atoms with van der Waals surface area (Å²) in [6.45, 7) is -1.36. The lowest BCUT2D eigenvalue weighted by molar-refractivity contribution is -0.402. The van der Waals surface area contributed by atoms with Gasteiger partial charge in [0.1, 0.15) is 10.7 Å².